The molecule has 0 fully saturated rings. The fraction of sp³-hybridized carbons (Fsp3) is 0.108. The first kappa shape index (κ1) is 28.2. The molecule has 0 aromatic heterocycles. The third-order valence-electron chi connectivity index (χ3n) is 7.02. The second-order valence-electron chi connectivity index (χ2n) is 11.1. The summed E-state index contributed by atoms with van der Waals surface area (Å²) in [6.45, 7) is 6.39. The predicted molar refractivity (Wildman–Crippen MR) is 163 cm³/mol. The van der Waals surface area contributed by atoms with E-state index < -0.39 is 0 Å². The van der Waals surface area contributed by atoms with Gasteiger partial charge in [0.15, 0.2) is 17.3 Å². The Morgan fingerprint density at radius 1 is 0.452 bits per heavy atom. The zero-order chi connectivity index (χ0) is 29.9. The highest BCUT2D eigenvalue weighted by molar-refractivity contribution is 6.12. The molecule has 5 nitrogen and oxygen atoms in total. The molecule has 5 heteroatoms. The molecule has 0 radical (unpaired) electrons. The molecule has 0 saturated carbocycles. The van der Waals surface area contributed by atoms with Crippen LogP contribution in [0.25, 0.3) is 0 Å². The van der Waals surface area contributed by atoms with E-state index in [1.807, 2.05) is 24.3 Å². The molecule has 1 N–H and O–H groups in total. The van der Waals surface area contributed by atoms with Gasteiger partial charge >= 0.3 is 0 Å². The average molecular weight is 555 g/mol. The highest BCUT2D eigenvalue weighted by atomic mass is 16.5. The number of carbonyl (C=O) groups is 3. The number of rotatable bonds is 8. The summed E-state index contributed by atoms with van der Waals surface area (Å²) in [5.74, 6) is 0.788. The fourth-order valence-corrected chi connectivity index (χ4v) is 4.49. The maximum absolute atomic E-state index is 13.1. The van der Waals surface area contributed by atoms with E-state index in [-0.39, 0.29) is 28.5 Å². The Bertz CT molecular complexity index is 1720. The maximum atomic E-state index is 13.1. The number of carbonyl (C=O) groups excluding carboxylic acids is 3. The molecular formula is C37H30O5. The van der Waals surface area contributed by atoms with Gasteiger partial charge in [0.1, 0.15) is 17.2 Å². The summed E-state index contributed by atoms with van der Waals surface area (Å²) < 4.78 is 5.89. The number of hydrogen-bond acceptors (Lipinski definition) is 5. The van der Waals surface area contributed by atoms with Crippen LogP contribution in [0.2, 0.25) is 0 Å². The molecule has 0 aliphatic heterocycles. The number of phenolic OH excluding ortho intramolecular Hbond substituents is 1. The highest BCUT2D eigenvalue weighted by Gasteiger charge is 2.16. The molecule has 208 valence electrons. The van der Waals surface area contributed by atoms with Crippen LogP contribution in [0.4, 0.5) is 0 Å². The van der Waals surface area contributed by atoms with Crippen LogP contribution in [0.3, 0.4) is 0 Å². The molecule has 0 aliphatic rings. The lowest BCUT2D eigenvalue weighted by atomic mass is 9.86. The highest BCUT2D eigenvalue weighted by Crippen LogP contribution is 2.25. The fourth-order valence-electron chi connectivity index (χ4n) is 4.49. The second-order valence-corrected chi connectivity index (χ2v) is 11.1. The van der Waals surface area contributed by atoms with E-state index >= 15 is 0 Å². The van der Waals surface area contributed by atoms with E-state index in [0.717, 1.165) is 5.56 Å². The van der Waals surface area contributed by atoms with Crippen LogP contribution in [0, 0.1) is 0 Å². The van der Waals surface area contributed by atoms with Crippen molar-refractivity contribution in [1.29, 1.82) is 0 Å². The van der Waals surface area contributed by atoms with Crippen molar-refractivity contribution in [1.82, 2.24) is 0 Å². The van der Waals surface area contributed by atoms with Crippen LogP contribution in [-0.2, 0) is 5.41 Å². The minimum Gasteiger partial charge on any atom is -0.508 e. The Labute approximate surface area is 245 Å². The quantitative estimate of drug-likeness (QED) is 0.196. The Morgan fingerprint density at radius 2 is 0.714 bits per heavy atom. The zero-order valence-electron chi connectivity index (χ0n) is 23.6. The number of phenols is 1. The van der Waals surface area contributed by atoms with Crippen molar-refractivity contribution < 1.29 is 24.2 Å². The van der Waals surface area contributed by atoms with Gasteiger partial charge in [-0.15, -0.1) is 0 Å². The zero-order valence-corrected chi connectivity index (χ0v) is 23.6. The van der Waals surface area contributed by atoms with E-state index in [9.17, 15) is 19.5 Å². The maximum Gasteiger partial charge on any atom is 0.193 e. The smallest absolute Gasteiger partial charge is 0.193 e. The summed E-state index contributed by atoms with van der Waals surface area (Å²) in [6, 6.07) is 34.0. The Morgan fingerprint density at radius 3 is 1.02 bits per heavy atom. The molecule has 0 amide bonds. The number of ketones is 3. The Balaban J connectivity index is 1.21. The van der Waals surface area contributed by atoms with E-state index in [1.165, 1.54) is 12.1 Å². The first-order valence-electron chi connectivity index (χ1n) is 13.6. The van der Waals surface area contributed by atoms with Crippen molar-refractivity contribution in [3.8, 4) is 17.2 Å². The van der Waals surface area contributed by atoms with Crippen molar-refractivity contribution in [2.24, 2.45) is 0 Å². The van der Waals surface area contributed by atoms with E-state index in [1.54, 1.807) is 84.9 Å². The van der Waals surface area contributed by atoms with Crippen molar-refractivity contribution in [2.45, 2.75) is 26.2 Å². The van der Waals surface area contributed by atoms with Crippen LogP contribution in [0.5, 0.6) is 17.2 Å². The van der Waals surface area contributed by atoms with E-state index in [2.05, 4.69) is 20.8 Å². The van der Waals surface area contributed by atoms with Gasteiger partial charge < -0.3 is 9.84 Å². The molecule has 0 unspecified atom stereocenters. The third kappa shape index (κ3) is 6.37. The van der Waals surface area contributed by atoms with Crippen molar-refractivity contribution in [2.75, 3.05) is 0 Å². The van der Waals surface area contributed by atoms with Gasteiger partial charge in [0, 0.05) is 33.4 Å². The van der Waals surface area contributed by atoms with Crippen molar-refractivity contribution in [3.05, 3.63) is 160 Å². The normalized spacial score (nSPS) is 11.1. The van der Waals surface area contributed by atoms with Crippen LogP contribution >= 0.6 is 0 Å². The Hall–Kier alpha value is -5.29. The predicted octanol–water partition coefficient (Wildman–Crippen LogP) is 8.18. The molecular weight excluding hydrogens is 524 g/mol. The molecule has 0 atom stereocenters. The standard InChI is InChI=1S/C37H30O5/c1-37(2,3)30-16-8-26(9-17-30)34(39)24-4-6-25(7-5-24)35(40)28-12-20-32(21-13-28)42-33-22-14-29(15-23-33)36(41)27-10-18-31(38)19-11-27/h4-23,38H,1-3H3. The minimum atomic E-state index is -0.160. The molecule has 5 aromatic rings. The lowest BCUT2D eigenvalue weighted by molar-refractivity contribution is 0.102. The van der Waals surface area contributed by atoms with Crippen LogP contribution in [0.1, 0.15) is 74.1 Å². The number of aromatic hydroxyl groups is 1. The van der Waals surface area contributed by atoms with E-state index in [0.29, 0.717) is 44.9 Å². The van der Waals surface area contributed by atoms with Gasteiger partial charge in [-0.05, 0) is 83.8 Å². The van der Waals surface area contributed by atoms with Gasteiger partial charge in [-0.2, -0.15) is 0 Å². The molecule has 5 rings (SSSR count). The summed E-state index contributed by atoms with van der Waals surface area (Å²) in [5, 5.41) is 9.42. The van der Waals surface area contributed by atoms with Gasteiger partial charge in [-0.1, -0.05) is 69.3 Å². The van der Waals surface area contributed by atoms with Gasteiger partial charge in [0.2, 0.25) is 0 Å². The molecule has 0 spiro atoms. The van der Waals surface area contributed by atoms with Crippen LogP contribution < -0.4 is 4.74 Å². The van der Waals surface area contributed by atoms with E-state index in [4.69, 9.17) is 4.74 Å². The molecule has 0 saturated heterocycles. The SMILES string of the molecule is CC(C)(C)c1ccc(C(=O)c2ccc(C(=O)c3ccc(Oc4ccc(C(=O)c5ccc(O)cc5)cc4)cc3)cc2)cc1. The molecule has 42 heavy (non-hydrogen) atoms. The summed E-state index contributed by atoms with van der Waals surface area (Å²) >= 11 is 0. The summed E-state index contributed by atoms with van der Waals surface area (Å²) in [5.41, 5.74) is 4.26. The van der Waals surface area contributed by atoms with Crippen LogP contribution in [-0.4, -0.2) is 22.5 Å². The van der Waals surface area contributed by atoms with Crippen molar-refractivity contribution in [3.63, 3.8) is 0 Å². The monoisotopic (exact) mass is 554 g/mol. The Kier molecular flexibility index (Phi) is 7.85. The summed E-state index contributed by atoms with van der Waals surface area (Å²) in [6.07, 6.45) is 0. The molecule has 0 aliphatic carbocycles. The van der Waals surface area contributed by atoms with Crippen LogP contribution in [0.15, 0.2) is 121 Å². The third-order valence-corrected chi connectivity index (χ3v) is 7.02. The summed E-state index contributed by atoms with van der Waals surface area (Å²) in [7, 11) is 0. The summed E-state index contributed by atoms with van der Waals surface area (Å²) in [4.78, 5) is 38.6. The lowest BCUT2D eigenvalue weighted by Crippen LogP contribution is -2.11. The lowest BCUT2D eigenvalue weighted by Gasteiger charge is -2.19. The first-order chi connectivity index (χ1) is 20.1. The molecule has 5 aromatic carbocycles. The molecule has 0 bridgehead atoms. The number of ether oxygens (including phenoxy) is 1. The first-order valence-corrected chi connectivity index (χ1v) is 13.6. The van der Waals surface area contributed by atoms with Gasteiger partial charge in [-0.25, -0.2) is 0 Å². The molecule has 0 heterocycles. The van der Waals surface area contributed by atoms with Crippen molar-refractivity contribution >= 4 is 17.3 Å². The van der Waals surface area contributed by atoms with Gasteiger partial charge in [-0.3, -0.25) is 14.4 Å². The second kappa shape index (κ2) is 11.7. The van der Waals surface area contributed by atoms with Gasteiger partial charge in [0.05, 0.1) is 0 Å². The largest absolute Gasteiger partial charge is 0.508 e. The number of hydrogen-bond donors (Lipinski definition) is 1. The average Bonchev–Trinajstić information content (AvgIpc) is 3.01. The number of benzene rings is 5. The topological polar surface area (TPSA) is 80.7 Å². The van der Waals surface area contributed by atoms with Gasteiger partial charge in [0.25, 0.3) is 0 Å². The minimum absolute atomic E-state index is 0.0112.